The molecule has 2 saturated carbocycles. The van der Waals surface area contributed by atoms with Crippen LogP contribution in [0.5, 0.6) is 0 Å². The number of amides is 1. The summed E-state index contributed by atoms with van der Waals surface area (Å²) in [6, 6.07) is 0.230. The highest BCUT2D eigenvalue weighted by atomic mass is 16.3. The summed E-state index contributed by atoms with van der Waals surface area (Å²) in [5.74, 6) is 1.27. The van der Waals surface area contributed by atoms with Crippen molar-refractivity contribution in [3.05, 3.63) is 0 Å². The van der Waals surface area contributed by atoms with Crippen LogP contribution in [0.25, 0.3) is 0 Å². The highest BCUT2D eigenvalue weighted by Gasteiger charge is 2.27. The van der Waals surface area contributed by atoms with Gasteiger partial charge in [-0.05, 0) is 25.2 Å². The van der Waals surface area contributed by atoms with Gasteiger partial charge in [-0.2, -0.15) is 0 Å². The molecule has 0 saturated heterocycles. The predicted octanol–water partition coefficient (Wildman–Crippen LogP) is 2.62. The smallest absolute Gasteiger partial charge is 0.220 e. The van der Waals surface area contributed by atoms with Crippen molar-refractivity contribution in [2.45, 2.75) is 70.3 Å². The first kappa shape index (κ1) is 13.9. The zero-order chi connectivity index (χ0) is 12.8. The van der Waals surface area contributed by atoms with Crippen molar-refractivity contribution in [1.29, 1.82) is 0 Å². The zero-order valence-corrected chi connectivity index (χ0v) is 11.4. The molecule has 18 heavy (non-hydrogen) atoms. The number of hydrogen-bond acceptors (Lipinski definition) is 2. The SMILES string of the molecule is O=C(CCC1CCCCC1)NC1CCCC1CO. The van der Waals surface area contributed by atoms with E-state index < -0.39 is 0 Å². The van der Waals surface area contributed by atoms with Crippen LogP contribution in [0.2, 0.25) is 0 Å². The Kier molecular flexibility index (Phi) is 5.48. The molecule has 3 nitrogen and oxygen atoms in total. The first-order valence-electron chi connectivity index (χ1n) is 7.70. The molecule has 2 aliphatic carbocycles. The molecular formula is C15H27NO2. The molecule has 0 aromatic rings. The topological polar surface area (TPSA) is 49.3 Å². The summed E-state index contributed by atoms with van der Waals surface area (Å²) < 4.78 is 0. The fourth-order valence-electron chi connectivity index (χ4n) is 3.54. The Hall–Kier alpha value is -0.570. The summed E-state index contributed by atoms with van der Waals surface area (Å²) in [4.78, 5) is 11.9. The fourth-order valence-corrected chi connectivity index (χ4v) is 3.54. The number of hydrogen-bond donors (Lipinski definition) is 2. The van der Waals surface area contributed by atoms with Gasteiger partial charge in [-0.25, -0.2) is 0 Å². The van der Waals surface area contributed by atoms with E-state index in [1.807, 2.05) is 0 Å². The first-order chi connectivity index (χ1) is 8.79. The Morgan fingerprint density at radius 2 is 1.83 bits per heavy atom. The molecule has 2 N–H and O–H groups in total. The van der Waals surface area contributed by atoms with E-state index in [1.54, 1.807) is 0 Å². The third-order valence-electron chi connectivity index (χ3n) is 4.74. The minimum absolute atomic E-state index is 0.200. The second-order valence-electron chi connectivity index (χ2n) is 6.09. The quantitative estimate of drug-likeness (QED) is 0.791. The molecule has 1 amide bonds. The van der Waals surface area contributed by atoms with Crippen molar-refractivity contribution in [2.24, 2.45) is 11.8 Å². The maximum absolute atomic E-state index is 11.9. The lowest BCUT2D eigenvalue weighted by Crippen LogP contribution is -2.38. The van der Waals surface area contributed by atoms with E-state index in [0.717, 1.165) is 31.6 Å². The maximum Gasteiger partial charge on any atom is 0.220 e. The van der Waals surface area contributed by atoms with Crippen LogP contribution in [0.4, 0.5) is 0 Å². The lowest BCUT2D eigenvalue weighted by atomic mass is 9.86. The second kappa shape index (κ2) is 7.13. The number of carbonyl (C=O) groups excluding carboxylic acids is 1. The molecule has 104 valence electrons. The number of aliphatic hydroxyl groups is 1. The monoisotopic (exact) mass is 253 g/mol. The van der Waals surface area contributed by atoms with E-state index in [1.165, 1.54) is 32.1 Å². The van der Waals surface area contributed by atoms with Gasteiger partial charge in [-0.15, -0.1) is 0 Å². The molecule has 0 spiro atoms. The van der Waals surface area contributed by atoms with Crippen LogP contribution in [-0.4, -0.2) is 23.7 Å². The second-order valence-corrected chi connectivity index (χ2v) is 6.09. The van der Waals surface area contributed by atoms with Gasteiger partial charge in [0.1, 0.15) is 0 Å². The summed E-state index contributed by atoms with van der Waals surface area (Å²) >= 11 is 0. The normalized spacial score (nSPS) is 29.4. The van der Waals surface area contributed by atoms with Crippen LogP contribution in [-0.2, 0) is 4.79 Å². The van der Waals surface area contributed by atoms with Gasteiger partial charge in [0, 0.05) is 25.0 Å². The minimum Gasteiger partial charge on any atom is -0.396 e. The van der Waals surface area contributed by atoms with Crippen LogP contribution >= 0.6 is 0 Å². The summed E-state index contributed by atoms with van der Waals surface area (Å²) in [5.41, 5.74) is 0. The van der Waals surface area contributed by atoms with E-state index in [0.29, 0.717) is 12.3 Å². The number of nitrogens with one attached hydrogen (secondary N) is 1. The number of rotatable bonds is 5. The summed E-state index contributed by atoms with van der Waals surface area (Å²) in [7, 11) is 0. The molecule has 2 unspecified atom stereocenters. The van der Waals surface area contributed by atoms with Gasteiger partial charge in [-0.1, -0.05) is 38.5 Å². The Morgan fingerprint density at radius 3 is 2.56 bits per heavy atom. The van der Waals surface area contributed by atoms with Crippen molar-refractivity contribution in [2.75, 3.05) is 6.61 Å². The van der Waals surface area contributed by atoms with Crippen LogP contribution < -0.4 is 5.32 Å². The minimum atomic E-state index is 0.200. The molecule has 0 aromatic heterocycles. The van der Waals surface area contributed by atoms with E-state index >= 15 is 0 Å². The number of carbonyl (C=O) groups is 1. The summed E-state index contributed by atoms with van der Waals surface area (Å²) in [6.07, 6.45) is 11.7. The molecule has 0 radical (unpaired) electrons. The largest absolute Gasteiger partial charge is 0.396 e. The van der Waals surface area contributed by atoms with Crippen LogP contribution in [0, 0.1) is 11.8 Å². The molecule has 0 aliphatic heterocycles. The zero-order valence-electron chi connectivity index (χ0n) is 11.4. The summed E-state index contributed by atoms with van der Waals surface area (Å²) in [5, 5.41) is 12.4. The average Bonchev–Trinajstić information content (AvgIpc) is 2.85. The Bertz CT molecular complexity index is 261. The van der Waals surface area contributed by atoms with E-state index in [2.05, 4.69) is 5.32 Å². The van der Waals surface area contributed by atoms with Gasteiger partial charge in [0.25, 0.3) is 0 Å². The Labute approximate surface area is 110 Å². The molecular weight excluding hydrogens is 226 g/mol. The fraction of sp³-hybridized carbons (Fsp3) is 0.933. The Morgan fingerprint density at radius 1 is 1.06 bits per heavy atom. The van der Waals surface area contributed by atoms with Crippen molar-refractivity contribution in [3.8, 4) is 0 Å². The average molecular weight is 253 g/mol. The van der Waals surface area contributed by atoms with Crippen molar-refractivity contribution in [1.82, 2.24) is 5.32 Å². The van der Waals surface area contributed by atoms with Crippen molar-refractivity contribution < 1.29 is 9.90 Å². The lowest BCUT2D eigenvalue weighted by Gasteiger charge is -2.22. The van der Waals surface area contributed by atoms with Crippen LogP contribution in [0.1, 0.15) is 64.2 Å². The van der Waals surface area contributed by atoms with E-state index in [-0.39, 0.29) is 18.6 Å². The third-order valence-corrected chi connectivity index (χ3v) is 4.74. The van der Waals surface area contributed by atoms with Crippen LogP contribution in [0.3, 0.4) is 0 Å². The van der Waals surface area contributed by atoms with Crippen LogP contribution in [0.15, 0.2) is 0 Å². The molecule has 3 heteroatoms. The van der Waals surface area contributed by atoms with Gasteiger partial charge in [0.2, 0.25) is 5.91 Å². The van der Waals surface area contributed by atoms with Gasteiger partial charge in [0.05, 0.1) is 0 Å². The lowest BCUT2D eigenvalue weighted by molar-refractivity contribution is -0.122. The number of aliphatic hydroxyl groups excluding tert-OH is 1. The third kappa shape index (κ3) is 3.98. The summed E-state index contributed by atoms with van der Waals surface area (Å²) in [6.45, 7) is 0.216. The maximum atomic E-state index is 11.9. The molecule has 0 heterocycles. The molecule has 2 aliphatic rings. The first-order valence-corrected chi connectivity index (χ1v) is 7.70. The van der Waals surface area contributed by atoms with E-state index in [9.17, 15) is 9.90 Å². The van der Waals surface area contributed by atoms with Gasteiger partial charge in [-0.3, -0.25) is 4.79 Å². The standard InChI is InChI=1S/C15H27NO2/c17-11-13-7-4-8-14(13)16-15(18)10-9-12-5-2-1-3-6-12/h12-14,17H,1-11H2,(H,16,18). The van der Waals surface area contributed by atoms with Gasteiger partial charge < -0.3 is 10.4 Å². The molecule has 0 bridgehead atoms. The van der Waals surface area contributed by atoms with Crippen molar-refractivity contribution in [3.63, 3.8) is 0 Å². The molecule has 0 aromatic carbocycles. The van der Waals surface area contributed by atoms with Gasteiger partial charge in [0.15, 0.2) is 0 Å². The molecule has 2 fully saturated rings. The highest BCUT2D eigenvalue weighted by molar-refractivity contribution is 5.76. The van der Waals surface area contributed by atoms with Gasteiger partial charge >= 0.3 is 0 Å². The molecule has 2 rings (SSSR count). The molecule has 2 atom stereocenters. The Balaban J connectivity index is 1.65. The van der Waals surface area contributed by atoms with E-state index in [4.69, 9.17) is 0 Å². The van der Waals surface area contributed by atoms with Crippen molar-refractivity contribution >= 4 is 5.91 Å². The highest BCUT2D eigenvalue weighted by Crippen LogP contribution is 2.28. The predicted molar refractivity (Wildman–Crippen MR) is 72.2 cm³/mol.